The van der Waals surface area contributed by atoms with Crippen molar-refractivity contribution in [2.75, 3.05) is 5.75 Å². The molecule has 0 spiro atoms. The van der Waals surface area contributed by atoms with Gasteiger partial charge >= 0.3 is 5.97 Å². The number of amides is 1. The van der Waals surface area contributed by atoms with Crippen molar-refractivity contribution in [3.05, 3.63) is 54.1 Å². The first-order valence-corrected chi connectivity index (χ1v) is 9.10. The number of rotatable bonds is 6. The smallest absolute Gasteiger partial charge is 0.308 e. The van der Waals surface area contributed by atoms with Crippen molar-refractivity contribution >= 4 is 40.4 Å². The molecule has 1 aromatic heterocycles. The average Bonchev–Trinajstić information content (AvgIpc) is 3.07. The maximum atomic E-state index is 12.0. The number of ether oxygens (including phenoxy) is 1. The van der Waals surface area contributed by atoms with E-state index in [1.807, 2.05) is 24.3 Å². The second-order valence-electron chi connectivity index (χ2n) is 5.59. The highest BCUT2D eigenvalue weighted by Gasteiger charge is 2.09. The van der Waals surface area contributed by atoms with E-state index in [1.54, 1.807) is 31.2 Å². The average molecular weight is 383 g/mol. The summed E-state index contributed by atoms with van der Waals surface area (Å²) in [5.41, 5.74) is 5.38. The van der Waals surface area contributed by atoms with E-state index in [-0.39, 0.29) is 17.6 Å². The quantitative estimate of drug-likeness (QED) is 0.231. The van der Waals surface area contributed by atoms with Crippen LogP contribution in [-0.2, 0) is 9.59 Å². The Hall–Kier alpha value is -3.13. The first kappa shape index (κ1) is 18.7. The molecule has 3 aromatic rings. The van der Waals surface area contributed by atoms with Gasteiger partial charge in [-0.05, 0) is 48.9 Å². The maximum Gasteiger partial charge on any atom is 0.308 e. The number of hydrogen-bond acceptors (Lipinski definition) is 7. The third kappa shape index (κ3) is 5.18. The number of para-hydroxylation sites is 2. The number of esters is 1. The molecule has 0 unspecified atom stereocenters. The van der Waals surface area contributed by atoms with Gasteiger partial charge in [0.25, 0.3) is 11.1 Å². The third-order valence-corrected chi connectivity index (χ3v) is 4.31. The topological polar surface area (TPSA) is 93.8 Å². The van der Waals surface area contributed by atoms with Crippen LogP contribution in [0.2, 0.25) is 0 Å². The van der Waals surface area contributed by atoms with Crippen molar-refractivity contribution < 1.29 is 18.7 Å². The van der Waals surface area contributed by atoms with E-state index in [1.165, 1.54) is 18.7 Å². The SMILES string of the molecule is CC(=O)Oc1ccc(C(C)=NNC(=O)CSc2nc3ccccc3o2)cc1. The predicted octanol–water partition coefficient (Wildman–Crippen LogP) is 3.39. The number of carbonyl (C=O) groups is 2. The molecule has 27 heavy (non-hydrogen) atoms. The third-order valence-electron chi connectivity index (χ3n) is 3.48. The number of hydrogen-bond donors (Lipinski definition) is 1. The van der Waals surface area contributed by atoms with Gasteiger partial charge in [-0.15, -0.1) is 0 Å². The van der Waals surface area contributed by atoms with Crippen LogP contribution in [0.3, 0.4) is 0 Å². The van der Waals surface area contributed by atoms with Crippen LogP contribution in [0.1, 0.15) is 19.4 Å². The molecular weight excluding hydrogens is 366 g/mol. The zero-order valence-corrected chi connectivity index (χ0v) is 15.6. The van der Waals surface area contributed by atoms with E-state index < -0.39 is 0 Å². The molecule has 0 aliphatic heterocycles. The number of aromatic nitrogens is 1. The Bertz CT molecular complexity index is 963. The van der Waals surface area contributed by atoms with Gasteiger partial charge in [-0.3, -0.25) is 9.59 Å². The summed E-state index contributed by atoms with van der Waals surface area (Å²) in [5.74, 6) is -0.0533. The molecule has 8 heteroatoms. The molecule has 7 nitrogen and oxygen atoms in total. The Balaban J connectivity index is 1.53. The van der Waals surface area contributed by atoms with Crippen molar-refractivity contribution in [3.63, 3.8) is 0 Å². The summed E-state index contributed by atoms with van der Waals surface area (Å²) in [6.45, 7) is 3.12. The van der Waals surface area contributed by atoms with Crippen LogP contribution in [0.15, 0.2) is 63.3 Å². The Morgan fingerprint density at radius 3 is 2.59 bits per heavy atom. The molecule has 0 saturated carbocycles. The molecule has 0 aliphatic carbocycles. The minimum absolute atomic E-state index is 0.134. The van der Waals surface area contributed by atoms with E-state index in [9.17, 15) is 9.59 Å². The fraction of sp³-hybridized carbons (Fsp3) is 0.158. The highest BCUT2D eigenvalue weighted by atomic mass is 32.2. The van der Waals surface area contributed by atoms with Gasteiger partial charge in [0.05, 0.1) is 11.5 Å². The van der Waals surface area contributed by atoms with Gasteiger partial charge in [-0.1, -0.05) is 23.9 Å². The molecule has 0 atom stereocenters. The van der Waals surface area contributed by atoms with Gasteiger partial charge in [0.1, 0.15) is 11.3 Å². The molecule has 138 valence electrons. The Morgan fingerprint density at radius 2 is 1.89 bits per heavy atom. The molecule has 0 fully saturated rings. The number of nitrogens with zero attached hydrogens (tertiary/aromatic N) is 2. The molecule has 1 N–H and O–H groups in total. The normalized spacial score (nSPS) is 11.4. The van der Waals surface area contributed by atoms with Crippen molar-refractivity contribution in [2.45, 2.75) is 19.1 Å². The number of fused-ring (bicyclic) bond motifs is 1. The fourth-order valence-corrected chi connectivity index (χ4v) is 2.84. The standard InChI is InChI=1S/C19H17N3O4S/c1-12(14-7-9-15(10-8-14)25-13(2)23)21-22-18(24)11-27-19-20-16-5-3-4-6-17(16)26-19/h3-10H,11H2,1-2H3,(H,22,24). The fourth-order valence-electron chi connectivity index (χ4n) is 2.21. The van der Waals surface area contributed by atoms with Crippen LogP contribution in [0.5, 0.6) is 5.75 Å². The van der Waals surface area contributed by atoms with E-state index in [4.69, 9.17) is 9.15 Å². The summed E-state index contributed by atoms with van der Waals surface area (Å²) in [6.07, 6.45) is 0. The van der Waals surface area contributed by atoms with Crippen molar-refractivity contribution in [2.24, 2.45) is 5.10 Å². The zero-order chi connectivity index (χ0) is 19.2. The van der Waals surface area contributed by atoms with Crippen LogP contribution in [0.25, 0.3) is 11.1 Å². The Labute approximate surface area is 159 Å². The molecule has 3 rings (SSSR count). The van der Waals surface area contributed by atoms with Crippen LogP contribution in [-0.4, -0.2) is 28.3 Å². The summed E-state index contributed by atoms with van der Waals surface area (Å²) in [4.78, 5) is 27.2. The highest BCUT2D eigenvalue weighted by molar-refractivity contribution is 7.99. The van der Waals surface area contributed by atoms with Crippen LogP contribution in [0.4, 0.5) is 0 Å². The first-order chi connectivity index (χ1) is 13.0. The lowest BCUT2D eigenvalue weighted by Gasteiger charge is -2.04. The maximum absolute atomic E-state index is 12.0. The number of hydrazone groups is 1. The van der Waals surface area contributed by atoms with E-state index in [2.05, 4.69) is 15.5 Å². The Morgan fingerprint density at radius 1 is 1.15 bits per heavy atom. The first-order valence-electron chi connectivity index (χ1n) is 8.11. The summed E-state index contributed by atoms with van der Waals surface area (Å²) < 4.78 is 10.5. The molecular formula is C19H17N3O4S. The number of nitrogens with one attached hydrogen (secondary N) is 1. The second-order valence-corrected chi connectivity index (χ2v) is 6.51. The second kappa shape index (κ2) is 8.50. The van der Waals surface area contributed by atoms with Crippen molar-refractivity contribution in [1.82, 2.24) is 10.4 Å². The minimum atomic E-state index is -0.378. The summed E-state index contributed by atoms with van der Waals surface area (Å²) in [7, 11) is 0. The Kier molecular flexibility index (Phi) is 5.87. The molecule has 1 heterocycles. The lowest BCUT2D eigenvalue weighted by atomic mass is 10.1. The van der Waals surface area contributed by atoms with E-state index in [0.29, 0.717) is 22.3 Å². The monoisotopic (exact) mass is 383 g/mol. The molecule has 1 amide bonds. The largest absolute Gasteiger partial charge is 0.431 e. The summed E-state index contributed by atoms with van der Waals surface area (Å²) in [5, 5.41) is 4.52. The molecule has 0 radical (unpaired) electrons. The molecule has 0 bridgehead atoms. The molecule has 0 aliphatic rings. The summed E-state index contributed by atoms with van der Waals surface area (Å²) in [6, 6.07) is 14.3. The van der Waals surface area contributed by atoms with Gasteiger partial charge in [0.15, 0.2) is 5.58 Å². The number of thioether (sulfide) groups is 1. The van der Waals surface area contributed by atoms with Crippen LogP contribution < -0.4 is 10.2 Å². The minimum Gasteiger partial charge on any atom is -0.431 e. The number of carbonyl (C=O) groups excluding carboxylic acids is 2. The molecule has 0 saturated heterocycles. The summed E-state index contributed by atoms with van der Waals surface area (Å²) >= 11 is 1.20. The van der Waals surface area contributed by atoms with Crippen LogP contribution in [0, 0.1) is 0 Å². The zero-order valence-electron chi connectivity index (χ0n) is 14.8. The highest BCUT2D eigenvalue weighted by Crippen LogP contribution is 2.22. The number of oxazole rings is 1. The van der Waals surface area contributed by atoms with Gasteiger partial charge in [-0.25, -0.2) is 10.4 Å². The van der Waals surface area contributed by atoms with E-state index in [0.717, 1.165) is 11.1 Å². The lowest BCUT2D eigenvalue weighted by molar-refractivity contribution is -0.131. The van der Waals surface area contributed by atoms with E-state index >= 15 is 0 Å². The van der Waals surface area contributed by atoms with Gasteiger partial charge in [-0.2, -0.15) is 5.10 Å². The van der Waals surface area contributed by atoms with Crippen molar-refractivity contribution in [3.8, 4) is 5.75 Å². The molecule has 2 aromatic carbocycles. The lowest BCUT2D eigenvalue weighted by Crippen LogP contribution is -2.21. The van der Waals surface area contributed by atoms with Gasteiger partial charge in [0, 0.05) is 6.92 Å². The number of benzene rings is 2. The van der Waals surface area contributed by atoms with Gasteiger partial charge in [0.2, 0.25) is 0 Å². The van der Waals surface area contributed by atoms with Crippen molar-refractivity contribution in [1.29, 1.82) is 0 Å². The predicted molar refractivity (Wildman–Crippen MR) is 103 cm³/mol. The van der Waals surface area contributed by atoms with Crippen LogP contribution >= 0.6 is 11.8 Å². The van der Waals surface area contributed by atoms with Gasteiger partial charge < -0.3 is 9.15 Å².